The molecule has 0 radical (unpaired) electrons. The Labute approximate surface area is 132 Å². The minimum atomic E-state index is -2.63. The van der Waals surface area contributed by atoms with Crippen LogP contribution < -0.4 is 10.6 Å². The zero-order valence-electron chi connectivity index (χ0n) is 13.7. The molecule has 0 aromatic carbocycles. The molecule has 0 fully saturated rings. The van der Waals surface area contributed by atoms with Crippen LogP contribution in [0.1, 0.15) is 17.0 Å². The number of aryl methyl sites for hydroxylation is 2. The van der Waals surface area contributed by atoms with Crippen LogP contribution in [-0.4, -0.2) is 30.0 Å². The van der Waals surface area contributed by atoms with E-state index in [-0.39, 0.29) is 0 Å². The Hall–Kier alpha value is -1.24. The molecule has 118 valence electrons. The molecule has 0 bridgehead atoms. The van der Waals surface area contributed by atoms with E-state index in [4.69, 9.17) is 0 Å². The van der Waals surface area contributed by atoms with Crippen LogP contribution >= 0.6 is 14.3 Å². The van der Waals surface area contributed by atoms with Gasteiger partial charge in [0.25, 0.3) is 0 Å². The van der Waals surface area contributed by atoms with Crippen molar-refractivity contribution in [3.63, 3.8) is 0 Å². The zero-order chi connectivity index (χ0) is 16.5. The van der Waals surface area contributed by atoms with Gasteiger partial charge in [0.2, 0.25) is 0 Å². The smallest absolute Gasteiger partial charge is 0.118 e. The lowest BCUT2D eigenvalue weighted by molar-refractivity contribution is 0.584. The fourth-order valence-electron chi connectivity index (χ4n) is 2.42. The molecular weight excluding hydrogens is 314 g/mol. The van der Waals surface area contributed by atoms with Gasteiger partial charge in [0.05, 0.1) is 0 Å². The Morgan fingerprint density at radius 1 is 1.00 bits per heavy atom. The number of hydrogen-bond donors (Lipinski definition) is 0. The zero-order valence-corrected chi connectivity index (χ0v) is 15.5. The van der Waals surface area contributed by atoms with Gasteiger partial charge in [-0.1, -0.05) is 0 Å². The fraction of sp³-hybridized carbons (Fsp3) is 0.375. The normalized spacial score (nSPS) is 14.6. The summed E-state index contributed by atoms with van der Waals surface area (Å²) in [6, 6.07) is 5.52. The summed E-state index contributed by atoms with van der Waals surface area (Å²) in [7, 11) is -5.08. The molecule has 0 aliphatic rings. The summed E-state index contributed by atoms with van der Waals surface area (Å²) in [6.45, 7) is 9.00. The highest BCUT2D eigenvalue weighted by molar-refractivity contribution is 7.71. The van der Waals surface area contributed by atoms with Crippen LogP contribution in [0.2, 0.25) is 0 Å². The number of hydrogen-bond acceptors (Lipinski definition) is 4. The highest BCUT2D eigenvalue weighted by Gasteiger charge is 2.25. The molecule has 1 atom stereocenters. The average Bonchev–Trinajstić information content (AvgIpc) is 2.40. The number of aromatic nitrogens is 2. The summed E-state index contributed by atoms with van der Waals surface area (Å²) in [5.74, 6) is 0. The van der Waals surface area contributed by atoms with Crippen molar-refractivity contribution in [1.82, 2.24) is 9.97 Å². The molecule has 0 amide bonds. The van der Waals surface area contributed by atoms with Crippen molar-refractivity contribution < 1.29 is 9.13 Å². The van der Waals surface area contributed by atoms with Crippen LogP contribution in [0.4, 0.5) is 0 Å². The van der Waals surface area contributed by atoms with E-state index in [0.717, 1.165) is 27.6 Å². The molecule has 6 heteroatoms. The van der Waals surface area contributed by atoms with Crippen molar-refractivity contribution in [2.45, 2.75) is 20.0 Å². The second-order valence-corrected chi connectivity index (χ2v) is 12.4. The standard InChI is InChI=1S/C16H22N2O2P2/c1-12-6-7-14(10-18-12)22(5,20)11-15-13(2)17-9-8-16(15)21(3,4)19/h6-10H,11H2,1-5H3. The molecule has 2 heterocycles. The minimum absolute atomic E-state index is 0.360. The maximum absolute atomic E-state index is 13.2. The molecule has 0 saturated carbocycles. The summed E-state index contributed by atoms with van der Waals surface area (Å²) in [5.41, 5.74) is 2.54. The van der Waals surface area contributed by atoms with Gasteiger partial charge in [0.15, 0.2) is 0 Å². The molecule has 0 aliphatic carbocycles. The Kier molecular flexibility index (Phi) is 4.75. The Morgan fingerprint density at radius 2 is 1.68 bits per heavy atom. The minimum Gasteiger partial charge on any atom is -0.319 e. The third-order valence-electron chi connectivity index (χ3n) is 3.73. The first-order valence-electron chi connectivity index (χ1n) is 7.11. The van der Waals surface area contributed by atoms with E-state index in [1.165, 1.54) is 0 Å². The monoisotopic (exact) mass is 336 g/mol. The van der Waals surface area contributed by atoms with Gasteiger partial charge in [-0.25, -0.2) is 0 Å². The lowest BCUT2D eigenvalue weighted by atomic mass is 10.2. The van der Waals surface area contributed by atoms with Crippen LogP contribution in [0.5, 0.6) is 0 Å². The molecule has 4 nitrogen and oxygen atoms in total. The lowest BCUT2D eigenvalue weighted by Gasteiger charge is -2.19. The van der Waals surface area contributed by atoms with Crippen molar-refractivity contribution in [1.29, 1.82) is 0 Å². The highest BCUT2D eigenvalue weighted by atomic mass is 31.2. The molecular formula is C16H22N2O2P2. The van der Waals surface area contributed by atoms with E-state index in [9.17, 15) is 9.13 Å². The van der Waals surface area contributed by atoms with Gasteiger partial charge >= 0.3 is 0 Å². The average molecular weight is 336 g/mol. The lowest BCUT2D eigenvalue weighted by Crippen LogP contribution is -2.16. The van der Waals surface area contributed by atoms with Crippen molar-refractivity contribution in [3.8, 4) is 0 Å². The summed E-state index contributed by atoms with van der Waals surface area (Å²) < 4.78 is 25.7. The van der Waals surface area contributed by atoms with Gasteiger partial charge < -0.3 is 9.13 Å². The van der Waals surface area contributed by atoms with Gasteiger partial charge in [-0.3, -0.25) is 9.97 Å². The quantitative estimate of drug-likeness (QED) is 0.805. The molecule has 1 unspecified atom stereocenters. The number of pyridine rings is 2. The van der Waals surface area contributed by atoms with Crippen LogP contribution in [-0.2, 0) is 15.3 Å². The number of rotatable bonds is 4. The Morgan fingerprint density at radius 3 is 2.23 bits per heavy atom. The van der Waals surface area contributed by atoms with E-state index in [0.29, 0.717) is 6.16 Å². The van der Waals surface area contributed by atoms with Gasteiger partial charge in [0.1, 0.15) is 14.3 Å². The third-order valence-corrected chi connectivity index (χ3v) is 7.58. The van der Waals surface area contributed by atoms with Crippen LogP contribution in [0.25, 0.3) is 0 Å². The van der Waals surface area contributed by atoms with Crippen molar-refractivity contribution in [2.24, 2.45) is 0 Å². The van der Waals surface area contributed by atoms with Gasteiger partial charge in [-0.2, -0.15) is 0 Å². The molecule has 22 heavy (non-hydrogen) atoms. The first-order valence-corrected chi connectivity index (χ1v) is 12.0. The molecule has 0 saturated heterocycles. The Balaban J connectivity index is 2.48. The van der Waals surface area contributed by atoms with E-state index in [2.05, 4.69) is 9.97 Å². The van der Waals surface area contributed by atoms with Crippen molar-refractivity contribution in [2.75, 3.05) is 20.0 Å². The van der Waals surface area contributed by atoms with E-state index in [1.807, 2.05) is 26.0 Å². The van der Waals surface area contributed by atoms with Gasteiger partial charge in [0, 0.05) is 40.6 Å². The predicted octanol–water partition coefficient (Wildman–Crippen LogP) is 3.16. The second-order valence-electron chi connectivity index (χ2n) is 6.16. The second kappa shape index (κ2) is 6.10. The van der Waals surface area contributed by atoms with Crippen LogP contribution in [0, 0.1) is 13.8 Å². The first-order chi connectivity index (χ1) is 10.1. The van der Waals surface area contributed by atoms with E-state index >= 15 is 0 Å². The van der Waals surface area contributed by atoms with E-state index < -0.39 is 14.3 Å². The van der Waals surface area contributed by atoms with Gasteiger partial charge in [-0.05, 0) is 57.6 Å². The molecule has 2 rings (SSSR count). The molecule has 2 aromatic heterocycles. The predicted molar refractivity (Wildman–Crippen MR) is 93.9 cm³/mol. The summed E-state index contributed by atoms with van der Waals surface area (Å²) >= 11 is 0. The molecule has 0 aliphatic heterocycles. The van der Waals surface area contributed by atoms with E-state index in [1.54, 1.807) is 38.5 Å². The summed E-state index contributed by atoms with van der Waals surface area (Å²) in [6.07, 6.45) is 3.71. The van der Waals surface area contributed by atoms with Crippen molar-refractivity contribution >= 4 is 24.9 Å². The van der Waals surface area contributed by atoms with Crippen LogP contribution in [0.15, 0.2) is 30.6 Å². The molecule has 2 aromatic rings. The highest BCUT2D eigenvalue weighted by Crippen LogP contribution is 2.46. The topological polar surface area (TPSA) is 59.9 Å². The SMILES string of the molecule is Cc1ccc(P(C)(=O)Cc2c(P(C)(C)=O)ccnc2C)cn1. The number of nitrogens with zero attached hydrogens (tertiary/aromatic N) is 2. The molecule has 0 spiro atoms. The molecule has 0 N–H and O–H groups in total. The third kappa shape index (κ3) is 3.74. The summed E-state index contributed by atoms with van der Waals surface area (Å²) in [4.78, 5) is 8.53. The summed E-state index contributed by atoms with van der Waals surface area (Å²) in [5, 5.41) is 1.52. The maximum atomic E-state index is 13.2. The fourth-order valence-corrected chi connectivity index (χ4v) is 5.73. The maximum Gasteiger partial charge on any atom is 0.118 e. The Bertz CT molecular complexity index is 779. The largest absolute Gasteiger partial charge is 0.319 e. The van der Waals surface area contributed by atoms with Crippen LogP contribution in [0.3, 0.4) is 0 Å². The van der Waals surface area contributed by atoms with Crippen molar-refractivity contribution in [3.05, 3.63) is 47.5 Å². The van der Waals surface area contributed by atoms with Gasteiger partial charge in [-0.15, -0.1) is 0 Å². The first kappa shape index (κ1) is 17.1.